The fourth-order valence-corrected chi connectivity index (χ4v) is 2.45. The van der Waals surface area contributed by atoms with Crippen LogP contribution in [0.4, 0.5) is 9.80 Å². The number of anilines is 1. The number of carbonyl (C=O) groups is 1. The first-order chi connectivity index (χ1) is 10.3. The molecule has 0 unspecified atom stereocenters. The van der Waals surface area contributed by atoms with Gasteiger partial charge in [-0.15, -0.1) is 0 Å². The third-order valence-electron chi connectivity index (χ3n) is 2.76. The lowest BCUT2D eigenvalue weighted by atomic mass is 10.2. The van der Waals surface area contributed by atoms with Gasteiger partial charge in [-0.25, -0.2) is 4.79 Å². The van der Waals surface area contributed by atoms with Gasteiger partial charge in [0, 0.05) is 11.6 Å². The van der Waals surface area contributed by atoms with Crippen LogP contribution in [0.5, 0.6) is 5.75 Å². The third kappa shape index (κ3) is 3.46. The Morgan fingerprint density at radius 1 is 1.00 bits per heavy atom. The number of hydrogen-bond acceptors (Lipinski definition) is 4. The lowest BCUT2D eigenvalue weighted by Gasteiger charge is -2.03. The maximum absolute atomic E-state index is 11.8. The van der Waals surface area contributed by atoms with Crippen molar-refractivity contribution in [3.63, 3.8) is 0 Å². The first-order valence-corrected chi connectivity index (χ1v) is 7.14. The number of nitrogens with zero attached hydrogens (tertiary/aromatic N) is 1. The average molecular weight is 296 g/mol. The second kappa shape index (κ2) is 6.19. The van der Waals surface area contributed by atoms with Crippen LogP contribution in [0.1, 0.15) is 0 Å². The Morgan fingerprint density at radius 2 is 1.67 bits per heavy atom. The predicted molar refractivity (Wildman–Crippen MR) is 83.6 cm³/mol. The van der Waals surface area contributed by atoms with Crippen LogP contribution < -0.4 is 10.1 Å². The van der Waals surface area contributed by atoms with Gasteiger partial charge in [-0.3, -0.25) is 5.32 Å². The predicted octanol–water partition coefficient (Wildman–Crippen LogP) is 4.42. The van der Waals surface area contributed by atoms with Crippen LogP contribution in [0.2, 0.25) is 0 Å². The SMILES string of the molecule is O=C(Nc1cc(-c2ccccc2)ns1)Oc1ccccc1. The van der Waals surface area contributed by atoms with Gasteiger partial charge in [-0.1, -0.05) is 48.5 Å². The highest BCUT2D eigenvalue weighted by Gasteiger charge is 2.09. The summed E-state index contributed by atoms with van der Waals surface area (Å²) >= 11 is 1.22. The minimum Gasteiger partial charge on any atom is -0.410 e. The number of nitrogens with one attached hydrogen (secondary N) is 1. The lowest BCUT2D eigenvalue weighted by Crippen LogP contribution is -2.15. The smallest absolute Gasteiger partial charge is 0.410 e. The highest BCUT2D eigenvalue weighted by atomic mass is 32.1. The maximum Gasteiger partial charge on any atom is 0.417 e. The van der Waals surface area contributed by atoms with Crippen LogP contribution in [0.3, 0.4) is 0 Å². The molecule has 0 saturated carbocycles. The van der Waals surface area contributed by atoms with Crippen LogP contribution in [0.25, 0.3) is 11.3 Å². The van der Waals surface area contributed by atoms with E-state index in [1.165, 1.54) is 11.5 Å². The number of carbonyl (C=O) groups excluding carboxylic acids is 1. The Kier molecular flexibility index (Phi) is 3.93. The van der Waals surface area contributed by atoms with Gasteiger partial charge in [0.25, 0.3) is 0 Å². The molecule has 0 saturated heterocycles. The molecule has 0 bridgehead atoms. The van der Waals surface area contributed by atoms with Gasteiger partial charge < -0.3 is 4.74 Å². The minimum absolute atomic E-state index is 0.503. The van der Waals surface area contributed by atoms with Crippen LogP contribution >= 0.6 is 11.5 Å². The van der Waals surface area contributed by atoms with Crippen molar-refractivity contribution < 1.29 is 9.53 Å². The molecular formula is C16H12N2O2S. The van der Waals surface area contributed by atoms with Crippen molar-refractivity contribution in [1.29, 1.82) is 0 Å². The van der Waals surface area contributed by atoms with Gasteiger partial charge >= 0.3 is 6.09 Å². The topological polar surface area (TPSA) is 51.2 Å². The molecule has 5 heteroatoms. The first kappa shape index (κ1) is 13.3. The molecular weight excluding hydrogens is 284 g/mol. The van der Waals surface area contributed by atoms with Crippen molar-refractivity contribution in [3.8, 4) is 17.0 Å². The number of rotatable bonds is 3. The minimum atomic E-state index is -0.524. The first-order valence-electron chi connectivity index (χ1n) is 6.37. The molecule has 4 nitrogen and oxygen atoms in total. The summed E-state index contributed by atoms with van der Waals surface area (Å²) in [6.07, 6.45) is -0.524. The normalized spacial score (nSPS) is 10.1. The van der Waals surface area contributed by atoms with Crippen LogP contribution in [-0.4, -0.2) is 10.5 Å². The molecule has 1 amide bonds. The molecule has 1 heterocycles. The van der Waals surface area contributed by atoms with Crippen molar-refractivity contribution in [2.45, 2.75) is 0 Å². The Balaban J connectivity index is 1.66. The van der Waals surface area contributed by atoms with Crippen molar-refractivity contribution in [1.82, 2.24) is 4.37 Å². The van der Waals surface area contributed by atoms with E-state index in [-0.39, 0.29) is 0 Å². The molecule has 104 valence electrons. The Bertz CT molecular complexity index is 726. The highest BCUT2D eigenvalue weighted by molar-refractivity contribution is 7.10. The van der Waals surface area contributed by atoms with E-state index >= 15 is 0 Å². The van der Waals surface area contributed by atoms with E-state index < -0.39 is 6.09 Å². The van der Waals surface area contributed by atoms with Gasteiger partial charge in [-0.05, 0) is 23.7 Å². The van der Waals surface area contributed by atoms with Crippen LogP contribution in [0, 0.1) is 0 Å². The molecule has 0 aliphatic carbocycles. The molecule has 0 radical (unpaired) electrons. The number of aromatic nitrogens is 1. The van der Waals surface area contributed by atoms with E-state index in [0.29, 0.717) is 10.8 Å². The highest BCUT2D eigenvalue weighted by Crippen LogP contribution is 2.25. The second-order valence-electron chi connectivity index (χ2n) is 4.27. The van der Waals surface area contributed by atoms with Crippen molar-refractivity contribution in [2.75, 3.05) is 5.32 Å². The van der Waals surface area contributed by atoms with E-state index in [1.807, 2.05) is 54.6 Å². The average Bonchev–Trinajstić information content (AvgIpc) is 2.97. The molecule has 0 aliphatic rings. The van der Waals surface area contributed by atoms with Gasteiger partial charge in [0.15, 0.2) is 0 Å². The maximum atomic E-state index is 11.8. The summed E-state index contributed by atoms with van der Waals surface area (Å²) in [6, 6.07) is 20.5. The number of para-hydroxylation sites is 1. The molecule has 3 aromatic rings. The summed E-state index contributed by atoms with van der Waals surface area (Å²) in [7, 11) is 0. The molecule has 2 aromatic carbocycles. The van der Waals surface area contributed by atoms with Crippen LogP contribution in [-0.2, 0) is 0 Å². The molecule has 0 aliphatic heterocycles. The number of amides is 1. The molecule has 1 aromatic heterocycles. The number of ether oxygens (including phenoxy) is 1. The fraction of sp³-hybridized carbons (Fsp3) is 0. The van der Waals surface area contributed by atoms with Gasteiger partial charge in [0.2, 0.25) is 0 Å². The molecule has 0 spiro atoms. The summed E-state index contributed by atoms with van der Waals surface area (Å²) in [5.74, 6) is 0.503. The second-order valence-corrected chi connectivity index (χ2v) is 5.07. The van der Waals surface area contributed by atoms with Crippen LogP contribution in [0.15, 0.2) is 66.7 Å². The third-order valence-corrected chi connectivity index (χ3v) is 3.46. The molecule has 0 atom stereocenters. The largest absolute Gasteiger partial charge is 0.417 e. The monoisotopic (exact) mass is 296 g/mol. The van der Waals surface area contributed by atoms with Crippen molar-refractivity contribution >= 4 is 22.6 Å². The summed E-state index contributed by atoms with van der Waals surface area (Å²) in [6.45, 7) is 0. The van der Waals surface area contributed by atoms with E-state index in [4.69, 9.17) is 4.74 Å². The summed E-state index contributed by atoms with van der Waals surface area (Å²) in [4.78, 5) is 11.8. The summed E-state index contributed by atoms with van der Waals surface area (Å²) in [5.41, 5.74) is 1.84. The Labute approximate surface area is 126 Å². The number of benzene rings is 2. The quantitative estimate of drug-likeness (QED) is 0.778. The van der Waals surface area contributed by atoms with E-state index in [2.05, 4.69) is 9.69 Å². The Morgan fingerprint density at radius 3 is 2.38 bits per heavy atom. The molecule has 0 fully saturated rings. The zero-order chi connectivity index (χ0) is 14.5. The molecule has 3 rings (SSSR count). The Hall–Kier alpha value is -2.66. The fourth-order valence-electron chi connectivity index (χ4n) is 1.80. The lowest BCUT2D eigenvalue weighted by molar-refractivity contribution is 0.215. The number of hydrogen-bond donors (Lipinski definition) is 1. The van der Waals surface area contributed by atoms with E-state index in [0.717, 1.165) is 11.3 Å². The molecule has 21 heavy (non-hydrogen) atoms. The summed E-state index contributed by atoms with van der Waals surface area (Å²) < 4.78 is 9.48. The van der Waals surface area contributed by atoms with E-state index in [1.54, 1.807) is 12.1 Å². The summed E-state index contributed by atoms with van der Waals surface area (Å²) in [5, 5.41) is 3.32. The standard InChI is InChI=1S/C16H12N2O2S/c19-16(20-13-9-5-2-6-10-13)17-15-11-14(18-21-15)12-7-3-1-4-8-12/h1-11H,(H,17,19). The van der Waals surface area contributed by atoms with Gasteiger partial charge in [0.05, 0.1) is 5.69 Å². The van der Waals surface area contributed by atoms with Gasteiger partial charge in [-0.2, -0.15) is 4.37 Å². The van der Waals surface area contributed by atoms with Gasteiger partial charge in [0.1, 0.15) is 10.8 Å². The van der Waals surface area contributed by atoms with Crippen molar-refractivity contribution in [3.05, 3.63) is 66.7 Å². The zero-order valence-corrected chi connectivity index (χ0v) is 11.8. The molecule has 1 N–H and O–H groups in total. The van der Waals surface area contributed by atoms with Crippen molar-refractivity contribution in [2.24, 2.45) is 0 Å². The van der Waals surface area contributed by atoms with E-state index in [9.17, 15) is 4.79 Å². The zero-order valence-electron chi connectivity index (χ0n) is 11.0.